The molecule has 138 valence electrons. The van der Waals surface area contributed by atoms with E-state index >= 15 is 0 Å². The molecule has 0 saturated carbocycles. The van der Waals surface area contributed by atoms with Gasteiger partial charge in [-0.05, 0) is 31.2 Å². The van der Waals surface area contributed by atoms with E-state index in [-0.39, 0.29) is 18.4 Å². The molecule has 26 heavy (non-hydrogen) atoms. The van der Waals surface area contributed by atoms with Gasteiger partial charge in [0.05, 0.1) is 25.1 Å². The van der Waals surface area contributed by atoms with E-state index in [1.54, 1.807) is 21.9 Å². The molecule has 1 aromatic carbocycles. The van der Waals surface area contributed by atoms with E-state index in [2.05, 4.69) is 5.32 Å². The van der Waals surface area contributed by atoms with E-state index in [4.69, 9.17) is 9.15 Å². The number of hydrogen-bond donors (Lipinski definition) is 1. The number of hydrogen-bond acceptors (Lipinski definition) is 5. The van der Waals surface area contributed by atoms with Crippen LogP contribution in [0.15, 0.2) is 47.1 Å². The molecule has 0 spiro atoms. The SMILES string of the molecule is CCOc1ccccc1NCC(=O)N1CCN(C(=O)c2ccco2)CC1. The minimum absolute atomic E-state index is 0.00130. The number of carbonyl (C=O) groups excluding carboxylic acids is 2. The Kier molecular flexibility index (Phi) is 5.78. The van der Waals surface area contributed by atoms with E-state index < -0.39 is 0 Å². The molecule has 1 fully saturated rings. The van der Waals surface area contributed by atoms with E-state index in [0.717, 1.165) is 11.4 Å². The number of piperazine rings is 1. The number of anilines is 1. The van der Waals surface area contributed by atoms with Gasteiger partial charge in [0.2, 0.25) is 5.91 Å². The summed E-state index contributed by atoms with van der Waals surface area (Å²) in [6, 6.07) is 10.9. The molecule has 1 aliphatic heterocycles. The van der Waals surface area contributed by atoms with Crippen molar-refractivity contribution in [1.29, 1.82) is 0 Å². The highest BCUT2D eigenvalue weighted by molar-refractivity contribution is 5.91. The summed E-state index contributed by atoms with van der Waals surface area (Å²) in [5.41, 5.74) is 0.800. The number of furan rings is 1. The molecule has 0 bridgehead atoms. The molecule has 7 nitrogen and oxygen atoms in total. The van der Waals surface area contributed by atoms with Crippen molar-refractivity contribution in [2.24, 2.45) is 0 Å². The van der Waals surface area contributed by atoms with Crippen LogP contribution in [0.25, 0.3) is 0 Å². The Morgan fingerprint density at radius 1 is 1.08 bits per heavy atom. The molecule has 1 saturated heterocycles. The molecule has 1 aliphatic rings. The average molecular weight is 357 g/mol. The number of benzene rings is 1. The lowest BCUT2D eigenvalue weighted by molar-refractivity contribution is -0.130. The molecule has 7 heteroatoms. The molecule has 0 radical (unpaired) electrons. The third-order valence-electron chi connectivity index (χ3n) is 4.27. The third kappa shape index (κ3) is 4.17. The summed E-state index contributed by atoms with van der Waals surface area (Å²) in [5, 5.41) is 3.14. The zero-order valence-electron chi connectivity index (χ0n) is 14.8. The van der Waals surface area contributed by atoms with Crippen LogP contribution in [-0.4, -0.2) is 60.9 Å². The maximum atomic E-state index is 12.4. The van der Waals surface area contributed by atoms with Crippen molar-refractivity contribution in [1.82, 2.24) is 9.80 Å². The number of rotatable bonds is 6. The van der Waals surface area contributed by atoms with Crippen molar-refractivity contribution in [2.45, 2.75) is 6.92 Å². The molecule has 3 rings (SSSR count). The van der Waals surface area contributed by atoms with Gasteiger partial charge in [-0.1, -0.05) is 12.1 Å². The highest BCUT2D eigenvalue weighted by atomic mass is 16.5. The van der Waals surface area contributed by atoms with Gasteiger partial charge in [0, 0.05) is 26.2 Å². The molecule has 0 unspecified atom stereocenters. The summed E-state index contributed by atoms with van der Waals surface area (Å²) in [7, 11) is 0. The molecular formula is C19H23N3O4. The number of ether oxygens (including phenoxy) is 1. The first-order chi connectivity index (χ1) is 12.7. The van der Waals surface area contributed by atoms with Gasteiger partial charge in [-0.25, -0.2) is 0 Å². The minimum Gasteiger partial charge on any atom is -0.492 e. The molecule has 0 aliphatic carbocycles. The van der Waals surface area contributed by atoms with Crippen LogP contribution in [0.4, 0.5) is 5.69 Å². The van der Waals surface area contributed by atoms with Crippen molar-refractivity contribution in [3.63, 3.8) is 0 Å². The van der Waals surface area contributed by atoms with Gasteiger partial charge >= 0.3 is 0 Å². The normalized spacial score (nSPS) is 14.2. The fourth-order valence-corrected chi connectivity index (χ4v) is 2.89. The fourth-order valence-electron chi connectivity index (χ4n) is 2.89. The summed E-state index contributed by atoms with van der Waals surface area (Å²) in [6.45, 7) is 4.71. The van der Waals surface area contributed by atoms with E-state index in [1.807, 2.05) is 31.2 Å². The molecule has 1 N–H and O–H groups in total. The standard InChI is InChI=1S/C19H23N3O4/c1-2-25-16-7-4-3-6-15(16)20-14-18(23)21-9-11-22(12-10-21)19(24)17-8-5-13-26-17/h3-8,13,20H,2,9-12,14H2,1H3. The smallest absolute Gasteiger partial charge is 0.289 e. The topological polar surface area (TPSA) is 75.0 Å². The first-order valence-electron chi connectivity index (χ1n) is 8.75. The highest BCUT2D eigenvalue weighted by Gasteiger charge is 2.25. The van der Waals surface area contributed by atoms with Gasteiger partial charge in [-0.2, -0.15) is 0 Å². The summed E-state index contributed by atoms with van der Waals surface area (Å²) in [4.78, 5) is 28.2. The maximum absolute atomic E-state index is 12.4. The Balaban J connectivity index is 1.49. The van der Waals surface area contributed by atoms with Gasteiger partial charge in [-0.15, -0.1) is 0 Å². The maximum Gasteiger partial charge on any atom is 0.289 e. The summed E-state index contributed by atoms with van der Waals surface area (Å²) < 4.78 is 10.7. The van der Waals surface area contributed by atoms with Crippen LogP contribution in [0.5, 0.6) is 5.75 Å². The van der Waals surface area contributed by atoms with E-state index in [0.29, 0.717) is 38.5 Å². The van der Waals surface area contributed by atoms with Crippen LogP contribution in [0.2, 0.25) is 0 Å². The predicted molar refractivity (Wildman–Crippen MR) is 97.3 cm³/mol. The second-order valence-corrected chi connectivity index (χ2v) is 5.93. The van der Waals surface area contributed by atoms with Crippen molar-refractivity contribution < 1.29 is 18.7 Å². The Labute approximate surface area is 152 Å². The first-order valence-corrected chi connectivity index (χ1v) is 8.75. The number of amides is 2. The van der Waals surface area contributed by atoms with Crippen LogP contribution in [-0.2, 0) is 4.79 Å². The lowest BCUT2D eigenvalue weighted by Gasteiger charge is -2.34. The van der Waals surface area contributed by atoms with Crippen molar-refractivity contribution in [3.8, 4) is 5.75 Å². The highest BCUT2D eigenvalue weighted by Crippen LogP contribution is 2.23. The van der Waals surface area contributed by atoms with Crippen molar-refractivity contribution in [3.05, 3.63) is 48.4 Å². The average Bonchev–Trinajstić information content (AvgIpc) is 3.21. The van der Waals surface area contributed by atoms with Gasteiger partial charge in [0.15, 0.2) is 5.76 Å². The predicted octanol–water partition coefficient (Wildman–Crippen LogP) is 2.07. The Morgan fingerprint density at radius 3 is 2.50 bits per heavy atom. The Hall–Kier alpha value is -2.96. The fraction of sp³-hybridized carbons (Fsp3) is 0.368. The largest absolute Gasteiger partial charge is 0.492 e. The molecule has 2 heterocycles. The second kappa shape index (κ2) is 8.42. The van der Waals surface area contributed by atoms with Crippen molar-refractivity contribution in [2.75, 3.05) is 44.6 Å². The first kappa shape index (κ1) is 17.8. The molecule has 2 aromatic rings. The number of nitrogens with one attached hydrogen (secondary N) is 1. The zero-order chi connectivity index (χ0) is 18.4. The lowest BCUT2D eigenvalue weighted by Crippen LogP contribution is -2.51. The Morgan fingerprint density at radius 2 is 1.81 bits per heavy atom. The third-order valence-corrected chi connectivity index (χ3v) is 4.27. The van der Waals surface area contributed by atoms with Crippen LogP contribution >= 0.6 is 0 Å². The molecule has 0 atom stereocenters. The summed E-state index contributed by atoms with van der Waals surface area (Å²) in [6.07, 6.45) is 1.48. The quantitative estimate of drug-likeness (QED) is 0.857. The van der Waals surface area contributed by atoms with E-state index in [1.165, 1.54) is 6.26 Å². The summed E-state index contributed by atoms with van der Waals surface area (Å²) in [5.74, 6) is 0.933. The Bertz CT molecular complexity index is 737. The van der Waals surface area contributed by atoms with E-state index in [9.17, 15) is 9.59 Å². The second-order valence-electron chi connectivity index (χ2n) is 5.93. The van der Waals surface area contributed by atoms with Gasteiger partial charge < -0.3 is 24.3 Å². The van der Waals surface area contributed by atoms with Gasteiger partial charge in [-0.3, -0.25) is 9.59 Å². The molecular weight excluding hydrogens is 334 g/mol. The number of carbonyl (C=O) groups is 2. The monoisotopic (exact) mass is 357 g/mol. The van der Waals surface area contributed by atoms with Crippen LogP contribution in [0, 0.1) is 0 Å². The summed E-state index contributed by atoms with van der Waals surface area (Å²) >= 11 is 0. The van der Waals surface area contributed by atoms with Crippen molar-refractivity contribution >= 4 is 17.5 Å². The molecule has 1 aromatic heterocycles. The van der Waals surface area contributed by atoms with Crippen LogP contribution in [0.1, 0.15) is 17.5 Å². The van der Waals surface area contributed by atoms with Crippen LogP contribution < -0.4 is 10.1 Å². The van der Waals surface area contributed by atoms with Gasteiger partial charge in [0.25, 0.3) is 5.91 Å². The minimum atomic E-state index is -0.133. The zero-order valence-corrected chi connectivity index (χ0v) is 14.8. The van der Waals surface area contributed by atoms with Gasteiger partial charge in [0.1, 0.15) is 5.75 Å². The van der Waals surface area contributed by atoms with Crippen LogP contribution in [0.3, 0.4) is 0 Å². The lowest BCUT2D eigenvalue weighted by atomic mass is 10.2. The molecule has 2 amide bonds. The number of nitrogens with zero attached hydrogens (tertiary/aromatic N) is 2. The number of para-hydroxylation sites is 2.